The highest BCUT2D eigenvalue weighted by molar-refractivity contribution is 5.95. The Kier molecular flexibility index (Phi) is 4.46. The number of nitrogens with zero attached hydrogens (tertiary/aromatic N) is 4. The van der Waals surface area contributed by atoms with E-state index in [9.17, 15) is 19.7 Å². The Balaban J connectivity index is 1.56. The Morgan fingerprint density at radius 3 is 2.54 bits per heavy atom. The zero-order valence-corrected chi connectivity index (χ0v) is 15.5. The highest BCUT2D eigenvalue weighted by atomic mass is 16.6. The fraction of sp³-hybridized carbons (Fsp3) is 0.300. The van der Waals surface area contributed by atoms with E-state index in [4.69, 9.17) is 0 Å². The van der Waals surface area contributed by atoms with Crippen LogP contribution in [-0.2, 0) is 24.3 Å². The third-order valence-corrected chi connectivity index (χ3v) is 5.26. The number of aryl methyl sites for hydroxylation is 2. The number of fused-ring (bicyclic) bond motifs is 2. The molecule has 144 valence electrons. The monoisotopic (exact) mass is 380 g/mol. The summed E-state index contributed by atoms with van der Waals surface area (Å²) in [7, 11) is 0. The van der Waals surface area contributed by atoms with Gasteiger partial charge in [0.15, 0.2) is 0 Å². The van der Waals surface area contributed by atoms with Crippen LogP contribution in [0.4, 0.5) is 11.4 Å². The van der Waals surface area contributed by atoms with Crippen LogP contribution in [0.2, 0.25) is 0 Å². The summed E-state index contributed by atoms with van der Waals surface area (Å²) in [4.78, 5) is 37.6. The van der Waals surface area contributed by atoms with E-state index in [1.54, 1.807) is 20.1 Å². The number of aromatic nitrogens is 2. The number of benzene rings is 2. The molecule has 0 saturated carbocycles. The molecule has 2 heterocycles. The van der Waals surface area contributed by atoms with E-state index in [2.05, 4.69) is 0 Å². The van der Waals surface area contributed by atoms with E-state index in [-0.39, 0.29) is 23.7 Å². The maximum atomic E-state index is 12.8. The Morgan fingerprint density at radius 1 is 1.14 bits per heavy atom. The molecule has 0 saturated heterocycles. The third kappa shape index (κ3) is 2.87. The molecule has 1 amide bonds. The summed E-state index contributed by atoms with van der Waals surface area (Å²) >= 11 is 0. The molecule has 1 aromatic heterocycles. The van der Waals surface area contributed by atoms with Crippen molar-refractivity contribution in [1.82, 2.24) is 9.13 Å². The van der Waals surface area contributed by atoms with Crippen LogP contribution in [0.25, 0.3) is 11.0 Å². The van der Waals surface area contributed by atoms with Crippen molar-refractivity contribution in [2.75, 3.05) is 11.4 Å². The number of non-ortho nitro benzene ring substituents is 1. The van der Waals surface area contributed by atoms with Gasteiger partial charge in [-0.2, -0.15) is 0 Å². The number of para-hydroxylation sites is 2. The lowest BCUT2D eigenvalue weighted by Crippen LogP contribution is -2.31. The number of nitro groups is 1. The van der Waals surface area contributed by atoms with Crippen LogP contribution in [-0.4, -0.2) is 26.5 Å². The smallest absolute Gasteiger partial charge is 0.312 e. The van der Waals surface area contributed by atoms with Crippen molar-refractivity contribution in [3.05, 3.63) is 68.6 Å². The van der Waals surface area contributed by atoms with Crippen molar-refractivity contribution in [2.45, 2.75) is 32.9 Å². The van der Waals surface area contributed by atoms with E-state index < -0.39 is 4.92 Å². The lowest BCUT2D eigenvalue weighted by atomic mass is 10.1. The first-order valence-electron chi connectivity index (χ1n) is 9.27. The standard InChI is InChI=1S/C20H20N4O4/c1-2-21-17-5-3-4-6-18(17)23(20(21)26)12-10-19(25)22-11-9-14-13-15(24(27)28)7-8-16(14)22/h3-8,13H,2,9-12H2,1H3. The molecule has 8 nitrogen and oxygen atoms in total. The molecule has 2 aromatic carbocycles. The number of hydrogen-bond acceptors (Lipinski definition) is 4. The molecule has 28 heavy (non-hydrogen) atoms. The molecule has 0 spiro atoms. The first-order chi connectivity index (χ1) is 13.5. The summed E-state index contributed by atoms with van der Waals surface area (Å²) < 4.78 is 3.34. The topological polar surface area (TPSA) is 90.4 Å². The van der Waals surface area contributed by atoms with Gasteiger partial charge in [0.05, 0.1) is 16.0 Å². The van der Waals surface area contributed by atoms with Gasteiger partial charge in [-0.1, -0.05) is 12.1 Å². The maximum Gasteiger partial charge on any atom is 0.329 e. The second-order valence-corrected chi connectivity index (χ2v) is 6.78. The Hall–Kier alpha value is -3.42. The number of imidazole rings is 1. The molecule has 0 radical (unpaired) electrons. The van der Waals surface area contributed by atoms with Gasteiger partial charge in [0.1, 0.15) is 0 Å². The van der Waals surface area contributed by atoms with Gasteiger partial charge in [-0.15, -0.1) is 0 Å². The molecular weight excluding hydrogens is 360 g/mol. The van der Waals surface area contributed by atoms with E-state index in [0.29, 0.717) is 26.1 Å². The number of carbonyl (C=O) groups is 1. The highest BCUT2D eigenvalue weighted by Crippen LogP contribution is 2.31. The fourth-order valence-electron chi connectivity index (χ4n) is 3.90. The molecule has 0 atom stereocenters. The first-order valence-corrected chi connectivity index (χ1v) is 9.27. The molecule has 3 aromatic rings. The van der Waals surface area contributed by atoms with Crippen LogP contribution in [0.3, 0.4) is 0 Å². The fourth-order valence-corrected chi connectivity index (χ4v) is 3.90. The SMILES string of the molecule is CCn1c(=O)n(CCC(=O)N2CCc3cc([N+](=O)[O-])ccc32)c2ccccc21. The van der Waals surface area contributed by atoms with E-state index in [1.165, 1.54) is 12.1 Å². The molecule has 1 aliphatic rings. The number of rotatable bonds is 5. The third-order valence-electron chi connectivity index (χ3n) is 5.26. The Labute approximate surface area is 160 Å². The van der Waals surface area contributed by atoms with Gasteiger partial charge in [-0.05, 0) is 37.1 Å². The number of amides is 1. The molecule has 0 bridgehead atoms. The molecule has 0 N–H and O–H groups in total. The minimum absolute atomic E-state index is 0.0342. The molecule has 0 fully saturated rings. The van der Waals surface area contributed by atoms with Crippen molar-refractivity contribution in [1.29, 1.82) is 0 Å². The van der Waals surface area contributed by atoms with E-state index in [1.807, 2.05) is 31.2 Å². The normalized spacial score (nSPS) is 13.1. The first kappa shape index (κ1) is 18.0. The minimum atomic E-state index is -0.430. The van der Waals surface area contributed by atoms with Gasteiger partial charge in [-0.25, -0.2) is 4.79 Å². The van der Waals surface area contributed by atoms with Crippen molar-refractivity contribution in [2.24, 2.45) is 0 Å². The molecule has 8 heteroatoms. The maximum absolute atomic E-state index is 12.8. The second-order valence-electron chi connectivity index (χ2n) is 6.78. The van der Waals surface area contributed by atoms with Crippen LogP contribution in [0, 0.1) is 10.1 Å². The lowest BCUT2D eigenvalue weighted by molar-refractivity contribution is -0.384. The Morgan fingerprint density at radius 2 is 1.86 bits per heavy atom. The van der Waals surface area contributed by atoms with Crippen LogP contribution < -0.4 is 10.6 Å². The van der Waals surface area contributed by atoms with Gasteiger partial charge >= 0.3 is 5.69 Å². The zero-order valence-electron chi connectivity index (χ0n) is 15.5. The summed E-state index contributed by atoms with van der Waals surface area (Å²) in [6.07, 6.45) is 0.784. The van der Waals surface area contributed by atoms with Crippen LogP contribution in [0.5, 0.6) is 0 Å². The predicted octanol–water partition coefficient (Wildman–Crippen LogP) is 2.71. The van der Waals surface area contributed by atoms with Crippen LogP contribution in [0.15, 0.2) is 47.3 Å². The highest BCUT2D eigenvalue weighted by Gasteiger charge is 2.26. The van der Waals surface area contributed by atoms with E-state index in [0.717, 1.165) is 22.3 Å². The van der Waals surface area contributed by atoms with Crippen LogP contribution in [0.1, 0.15) is 18.9 Å². The quantitative estimate of drug-likeness (QED) is 0.503. The van der Waals surface area contributed by atoms with Crippen molar-refractivity contribution >= 4 is 28.3 Å². The van der Waals surface area contributed by atoms with Gasteiger partial charge in [0.25, 0.3) is 5.69 Å². The van der Waals surface area contributed by atoms with Gasteiger partial charge in [0.2, 0.25) is 5.91 Å². The molecular formula is C20H20N4O4. The van der Waals surface area contributed by atoms with E-state index >= 15 is 0 Å². The van der Waals surface area contributed by atoms with Gasteiger partial charge < -0.3 is 4.90 Å². The molecule has 4 rings (SSSR count). The second kappa shape index (κ2) is 6.95. The van der Waals surface area contributed by atoms with Crippen molar-refractivity contribution in [3.8, 4) is 0 Å². The summed E-state index contributed by atoms with van der Waals surface area (Å²) in [5.74, 6) is -0.0900. The molecule has 0 aliphatic carbocycles. The lowest BCUT2D eigenvalue weighted by Gasteiger charge is -2.17. The number of hydrogen-bond donors (Lipinski definition) is 0. The van der Waals surface area contributed by atoms with Gasteiger partial charge in [0, 0.05) is 43.9 Å². The van der Waals surface area contributed by atoms with Gasteiger partial charge in [-0.3, -0.25) is 24.0 Å². The summed E-state index contributed by atoms with van der Waals surface area (Å²) in [5, 5.41) is 10.9. The van der Waals surface area contributed by atoms with Crippen molar-refractivity contribution < 1.29 is 9.72 Å². The summed E-state index contributed by atoms with van der Waals surface area (Å²) in [5.41, 5.74) is 3.13. The Bertz CT molecular complexity index is 1140. The number of carbonyl (C=O) groups excluding carboxylic acids is 1. The van der Waals surface area contributed by atoms with Crippen molar-refractivity contribution in [3.63, 3.8) is 0 Å². The number of anilines is 1. The predicted molar refractivity (Wildman–Crippen MR) is 106 cm³/mol. The summed E-state index contributed by atoms with van der Waals surface area (Å²) in [6, 6.07) is 12.1. The average molecular weight is 380 g/mol. The number of nitro benzene ring substituents is 1. The average Bonchev–Trinajstić information content (AvgIpc) is 3.23. The largest absolute Gasteiger partial charge is 0.329 e. The molecule has 0 unspecified atom stereocenters. The van der Waals surface area contributed by atoms with Crippen LogP contribution >= 0.6 is 0 Å². The summed E-state index contributed by atoms with van der Waals surface area (Å²) in [6.45, 7) is 3.28. The molecule has 1 aliphatic heterocycles. The minimum Gasteiger partial charge on any atom is -0.312 e. The zero-order chi connectivity index (χ0) is 19.8.